The number of hydrogen-bond acceptors (Lipinski definition) is 2. The maximum atomic E-state index is 12.0. The molecular weight excluding hydrogens is 236 g/mol. The topological polar surface area (TPSA) is 55.1 Å². The highest BCUT2D eigenvalue weighted by atomic mass is 16.2. The van der Waals surface area contributed by atoms with Gasteiger partial charge < -0.3 is 11.1 Å². The molecule has 0 fully saturated rings. The van der Waals surface area contributed by atoms with E-state index < -0.39 is 0 Å². The van der Waals surface area contributed by atoms with Crippen LogP contribution in [-0.2, 0) is 17.6 Å². The zero-order valence-electron chi connectivity index (χ0n) is 11.9. The number of nitrogens with one attached hydrogen (secondary N) is 1. The van der Waals surface area contributed by atoms with Crippen LogP contribution in [0.1, 0.15) is 37.8 Å². The van der Waals surface area contributed by atoms with E-state index in [0.717, 1.165) is 25.7 Å². The molecule has 1 aromatic carbocycles. The molecule has 1 aromatic rings. The minimum atomic E-state index is -0.378. The Morgan fingerprint density at radius 2 is 2.05 bits per heavy atom. The Morgan fingerprint density at radius 3 is 2.74 bits per heavy atom. The summed E-state index contributed by atoms with van der Waals surface area (Å²) in [5.41, 5.74) is 8.69. The number of benzene rings is 1. The number of amides is 1. The molecule has 2 atom stereocenters. The van der Waals surface area contributed by atoms with E-state index in [0.29, 0.717) is 5.92 Å². The van der Waals surface area contributed by atoms with Crippen LogP contribution in [0.5, 0.6) is 0 Å². The zero-order valence-corrected chi connectivity index (χ0v) is 11.9. The molecule has 3 N–H and O–H groups in total. The minimum absolute atomic E-state index is 0.00178. The second kappa shape index (κ2) is 6.20. The zero-order chi connectivity index (χ0) is 13.8. The fourth-order valence-electron chi connectivity index (χ4n) is 2.74. The summed E-state index contributed by atoms with van der Waals surface area (Å²) >= 11 is 0. The van der Waals surface area contributed by atoms with E-state index in [4.69, 9.17) is 5.73 Å². The fourth-order valence-corrected chi connectivity index (χ4v) is 2.74. The molecule has 1 amide bonds. The highest BCUT2D eigenvalue weighted by Crippen LogP contribution is 2.21. The van der Waals surface area contributed by atoms with Crippen molar-refractivity contribution in [2.75, 3.05) is 0 Å². The number of aryl methyl sites for hydroxylation is 1. The van der Waals surface area contributed by atoms with E-state index in [-0.39, 0.29) is 18.0 Å². The molecule has 0 radical (unpaired) electrons. The lowest BCUT2D eigenvalue weighted by atomic mass is 9.88. The number of rotatable bonds is 4. The Kier molecular flexibility index (Phi) is 4.59. The van der Waals surface area contributed by atoms with E-state index in [1.807, 2.05) is 0 Å². The van der Waals surface area contributed by atoms with E-state index >= 15 is 0 Å². The summed E-state index contributed by atoms with van der Waals surface area (Å²) in [4.78, 5) is 12.0. The molecule has 0 aliphatic heterocycles. The first kappa shape index (κ1) is 14.1. The molecule has 1 aliphatic rings. The van der Waals surface area contributed by atoms with Crippen molar-refractivity contribution in [2.24, 2.45) is 11.7 Å². The van der Waals surface area contributed by atoms with Crippen molar-refractivity contribution in [3.63, 3.8) is 0 Å². The average molecular weight is 260 g/mol. The van der Waals surface area contributed by atoms with Crippen molar-refractivity contribution in [2.45, 2.75) is 51.6 Å². The lowest BCUT2D eigenvalue weighted by Crippen LogP contribution is -2.47. The normalized spacial score (nSPS) is 19.9. The van der Waals surface area contributed by atoms with Crippen LogP contribution in [0.25, 0.3) is 0 Å². The molecule has 0 bridgehead atoms. The van der Waals surface area contributed by atoms with Gasteiger partial charge in [-0.15, -0.1) is 0 Å². The van der Waals surface area contributed by atoms with E-state index in [2.05, 4.69) is 43.4 Å². The Balaban J connectivity index is 1.90. The molecule has 2 unspecified atom stereocenters. The molecule has 1 aliphatic carbocycles. The first-order chi connectivity index (χ1) is 9.06. The largest absolute Gasteiger partial charge is 0.352 e. The molecule has 0 heterocycles. The van der Waals surface area contributed by atoms with Gasteiger partial charge in [0.2, 0.25) is 5.91 Å². The molecule has 3 nitrogen and oxygen atoms in total. The second-order valence-corrected chi connectivity index (χ2v) is 5.95. The maximum Gasteiger partial charge on any atom is 0.237 e. The summed E-state index contributed by atoms with van der Waals surface area (Å²) in [6, 6.07) is 8.33. The molecule has 19 heavy (non-hydrogen) atoms. The molecule has 0 saturated heterocycles. The van der Waals surface area contributed by atoms with Crippen molar-refractivity contribution in [3.05, 3.63) is 35.4 Å². The van der Waals surface area contributed by atoms with Crippen LogP contribution in [0.3, 0.4) is 0 Å². The maximum absolute atomic E-state index is 12.0. The van der Waals surface area contributed by atoms with Crippen molar-refractivity contribution in [1.82, 2.24) is 5.32 Å². The summed E-state index contributed by atoms with van der Waals surface area (Å²) in [7, 11) is 0. The average Bonchev–Trinajstić information content (AvgIpc) is 2.37. The Labute approximate surface area is 115 Å². The van der Waals surface area contributed by atoms with E-state index in [1.54, 1.807) is 0 Å². The number of nitrogens with two attached hydrogens (primary N) is 1. The highest BCUT2D eigenvalue weighted by Gasteiger charge is 2.22. The Morgan fingerprint density at radius 1 is 1.37 bits per heavy atom. The lowest BCUT2D eigenvalue weighted by Gasteiger charge is -2.27. The molecular formula is C16H24N2O. The summed E-state index contributed by atoms with van der Waals surface area (Å²) in [5, 5.41) is 3.10. The summed E-state index contributed by atoms with van der Waals surface area (Å²) < 4.78 is 0. The van der Waals surface area contributed by atoms with Gasteiger partial charge in [0.15, 0.2) is 0 Å². The summed E-state index contributed by atoms with van der Waals surface area (Å²) in [6.07, 6.45) is 3.73. The highest BCUT2D eigenvalue weighted by molar-refractivity contribution is 5.81. The smallest absolute Gasteiger partial charge is 0.237 e. The number of hydrogen-bond donors (Lipinski definition) is 2. The number of carbonyl (C=O) groups excluding carboxylic acids is 1. The van der Waals surface area contributed by atoms with E-state index in [1.165, 1.54) is 11.1 Å². The van der Waals surface area contributed by atoms with Gasteiger partial charge in [0.1, 0.15) is 0 Å². The third-order valence-electron chi connectivity index (χ3n) is 3.76. The number of carbonyl (C=O) groups is 1. The van der Waals surface area contributed by atoms with Crippen LogP contribution < -0.4 is 11.1 Å². The fraction of sp³-hybridized carbons (Fsp3) is 0.562. The standard InChI is InChI=1S/C16H24N2O/c1-11(2)9-15(17)16(19)18-14-8-7-12-5-3-4-6-13(12)10-14/h3-6,11,14-15H,7-10,17H2,1-2H3,(H,18,19). The van der Waals surface area contributed by atoms with Crippen LogP contribution in [0.2, 0.25) is 0 Å². The van der Waals surface area contributed by atoms with Gasteiger partial charge in [-0.25, -0.2) is 0 Å². The predicted molar refractivity (Wildman–Crippen MR) is 77.8 cm³/mol. The van der Waals surface area contributed by atoms with Gasteiger partial charge in [-0.3, -0.25) is 4.79 Å². The van der Waals surface area contributed by atoms with Crippen molar-refractivity contribution >= 4 is 5.91 Å². The Bertz CT molecular complexity index is 442. The van der Waals surface area contributed by atoms with Crippen molar-refractivity contribution in [1.29, 1.82) is 0 Å². The third-order valence-corrected chi connectivity index (χ3v) is 3.76. The van der Waals surface area contributed by atoms with Gasteiger partial charge in [0.25, 0.3) is 0 Å². The van der Waals surface area contributed by atoms with Crippen LogP contribution in [-0.4, -0.2) is 18.0 Å². The van der Waals surface area contributed by atoms with Gasteiger partial charge >= 0.3 is 0 Å². The van der Waals surface area contributed by atoms with E-state index in [9.17, 15) is 4.79 Å². The van der Waals surface area contributed by atoms with Gasteiger partial charge in [0.05, 0.1) is 6.04 Å². The van der Waals surface area contributed by atoms with Gasteiger partial charge in [-0.2, -0.15) is 0 Å². The molecule has 0 saturated carbocycles. The SMILES string of the molecule is CC(C)CC(N)C(=O)NC1CCc2ccccc2C1. The van der Waals surface area contributed by atoms with Crippen LogP contribution in [0, 0.1) is 5.92 Å². The van der Waals surface area contributed by atoms with Crippen molar-refractivity contribution < 1.29 is 4.79 Å². The summed E-state index contributed by atoms with van der Waals surface area (Å²) in [5.74, 6) is 0.450. The van der Waals surface area contributed by atoms with Crippen LogP contribution >= 0.6 is 0 Å². The van der Waals surface area contributed by atoms with Crippen molar-refractivity contribution in [3.8, 4) is 0 Å². The molecule has 0 spiro atoms. The quantitative estimate of drug-likeness (QED) is 0.870. The lowest BCUT2D eigenvalue weighted by molar-refractivity contribution is -0.123. The predicted octanol–water partition coefficient (Wildman–Crippen LogP) is 2.03. The van der Waals surface area contributed by atoms with Gasteiger partial charge in [-0.05, 0) is 42.7 Å². The second-order valence-electron chi connectivity index (χ2n) is 5.95. The molecule has 3 heteroatoms. The van der Waals surface area contributed by atoms with Crippen LogP contribution in [0.4, 0.5) is 0 Å². The first-order valence-corrected chi connectivity index (χ1v) is 7.19. The van der Waals surface area contributed by atoms with Gasteiger partial charge in [0, 0.05) is 6.04 Å². The van der Waals surface area contributed by atoms with Gasteiger partial charge in [-0.1, -0.05) is 38.1 Å². The summed E-state index contributed by atoms with van der Waals surface area (Å²) in [6.45, 7) is 4.17. The van der Waals surface area contributed by atoms with Crippen LogP contribution in [0.15, 0.2) is 24.3 Å². The number of fused-ring (bicyclic) bond motifs is 1. The molecule has 2 rings (SSSR count). The monoisotopic (exact) mass is 260 g/mol. The molecule has 104 valence electrons. The Hall–Kier alpha value is -1.35. The first-order valence-electron chi connectivity index (χ1n) is 7.19. The molecule has 0 aromatic heterocycles. The third kappa shape index (κ3) is 3.80. The minimum Gasteiger partial charge on any atom is -0.352 e.